The van der Waals surface area contributed by atoms with Crippen LogP contribution in [0.3, 0.4) is 0 Å². The molecule has 0 aliphatic carbocycles. The number of nitrogens with zero attached hydrogens (tertiary/aromatic N) is 6. The second-order valence-corrected chi connectivity index (χ2v) is 4.19. The minimum atomic E-state index is -0.813. The van der Waals surface area contributed by atoms with Gasteiger partial charge in [0.15, 0.2) is 5.82 Å². The molecule has 0 bridgehead atoms. The molecule has 19 heavy (non-hydrogen) atoms. The molecule has 0 amide bonds. The standard InChI is InChI=1S/C11H14N6O2/c1-2-8(5-10(18)19)7-17-11(14-15-16-17)9-3-4-12-13-6-9/h3-4,6,8H,2,5,7H2,1H3,(H,18,19). The van der Waals surface area contributed by atoms with E-state index >= 15 is 0 Å². The maximum atomic E-state index is 10.8. The molecule has 0 fully saturated rings. The molecule has 0 aliphatic heterocycles. The van der Waals surface area contributed by atoms with Gasteiger partial charge in [0.05, 0.1) is 12.4 Å². The highest BCUT2D eigenvalue weighted by Crippen LogP contribution is 2.17. The summed E-state index contributed by atoms with van der Waals surface area (Å²) >= 11 is 0. The first kappa shape index (κ1) is 13.1. The van der Waals surface area contributed by atoms with E-state index in [1.165, 1.54) is 0 Å². The topological polar surface area (TPSA) is 107 Å². The van der Waals surface area contributed by atoms with E-state index in [4.69, 9.17) is 5.11 Å². The van der Waals surface area contributed by atoms with Crippen LogP contribution in [0.15, 0.2) is 18.5 Å². The van der Waals surface area contributed by atoms with Gasteiger partial charge in [-0.2, -0.15) is 10.2 Å². The molecule has 0 radical (unpaired) electrons. The zero-order valence-corrected chi connectivity index (χ0v) is 10.5. The van der Waals surface area contributed by atoms with Crippen molar-refractivity contribution in [3.8, 4) is 11.4 Å². The first-order valence-electron chi connectivity index (χ1n) is 5.95. The zero-order valence-electron chi connectivity index (χ0n) is 10.5. The van der Waals surface area contributed by atoms with Crippen LogP contribution in [0.25, 0.3) is 11.4 Å². The highest BCUT2D eigenvalue weighted by molar-refractivity contribution is 5.67. The van der Waals surface area contributed by atoms with E-state index in [1.807, 2.05) is 6.92 Å². The van der Waals surface area contributed by atoms with Crippen LogP contribution in [0.5, 0.6) is 0 Å². The van der Waals surface area contributed by atoms with Crippen molar-refractivity contribution in [3.63, 3.8) is 0 Å². The predicted octanol–water partition coefficient (Wildman–Crippen LogP) is 0.631. The van der Waals surface area contributed by atoms with Gasteiger partial charge < -0.3 is 5.11 Å². The average Bonchev–Trinajstić information content (AvgIpc) is 2.86. The number of carboxylic acid groups (broad SMARTS) is 1. The van der Waals surface area contributed by atoms with E-state index in [0.717, 1.165) is 12.0 Å². The Balaban J connectivity index is 2.18. The Morgan fingerprint density at radius 2 is 2.32 bits per heavy atom. The first-order chi connectivity index (χ1) is 9.20. The summed E-state index contributed by atoms with van der Waals surface area (Å²) in [5, 5.41) is 27.8. The van der Waals surface area contributed by atoms with Gasteiger partial charge in [0.1, 0.15) is 0 Å². The van der Waals surface area contributed by atoms with Crippen LogP contribution in [-0.4, -0.2) is 41.5 Å². The second-order valence-electron chi connectivity index (χ2n) is 4.19. The van der Waals surface area contributed by atoms with Gasteiger partial charge >= 0.3 is 5.97 Å². The van der Waals surface area contributed by atoms with Crippen LogP contribution >= 0.6 is 0 Å². The Bertz CT molecular complexity index is 541. The summed E-state index contributed by atoms with van der Waals surface area (Å²) in [7, 11) is 0. The van der Waals surface area contributed by atoms with E-state index in [2.05, 4.69) is 25.7 Å². The van der Waals surface area contributed by atoms with Crippen molar-refractivity contribution in [2.24, 2.45) is 5.92 Å². The number of aromatic nitrogens is 6. The Kier molecular flexibility index (Phi) is 4.11. The third kappa shape index (κ3) is 3.30. The summed E-state index contributed by atoms with van der Waals surface area (Å²) in [5.41, 5.74) is 0.755. The molecule has 8 heteroatoms. The van der Waals surface area contributed by atoms with Gasteiger partial charge in [0, 0.05) is 18.5 Å². The summed E-state index contributed by atoms with van der Waals surface area (Å²) in [4.78, 5) is 10.8. The van der Waals surface area contributed by atoms with Crippen molar-refractivity contribution in [2.75, 3.05) is 0 Å². The first-order valence-corrected chi connectivity index (χ1v) is 5.95. The van der Waals surface area contributed by atoms with Crippen LogP contribution in [-0.2, 0) is 11.3 Å². The monoisotopic (exact) mass is 262 g/mol. The lowest BCUT2D eigenvalue weighted by Crippen LogP contribution is -2.16. The zero-order chi connectivity index (χ0) is 13.7. The van der Waals surface area contributed by atoms with Crippen LogP contribution in [0.2, 0.25) is 0 Å². The fourth-order valence-corrected chi connectivity index (χ4v) is 1.79. The van der Waals surface area contributed by atoms with Gasteiger partial charge in [-0.05, 0) is 22.4 Å². The minimum Gasteiger partial charge on any atom is -0.481 e. The van der Waals surface area contributed by atoms with Crippen molar-refractivity contribution in [1.82, 2.24) is 30.4 Å². The smallest absolute Gasteiger partial charge is 0.303 e. The van der Waals surface area contributed by atoms with Crippen molar-refractivity contribution in [1.29, 1.82) is 0 Å². The maximum absolute atomic E-state index is 10.8. The molecule has 0 saturated carbocycles. The molecule has 2 heterocycles. The number of carboxylic acids is 1. The molecular formula is C11H14N6O2. The van der Waals surface area contributed by atoms with E-state index in [9.17, 15) is 4.79 Å². The van der Waals surface area contributed by atoms with E-state index in [1.54, 1.807) is 23.1 Å². The number of aliphatic carboxylic acids is 1. The molecule has 2 rings (SSSR count). The average molecular weight is 262 g/mol. The van der Waals surface area contributed by atoms with E-state index in [-0.39, 0.29) is 12.3 Å². The highest BCUT2D eigenvalue weighted by Gasteiger charge is 2.16. The largest absolute Gasteiger partial charge is 0.481 e. The normalized spacial score (nSPS) is 12.3. The van der Waals surface area contributed by atoms with Crippen molar-refractivity contribution in [2.45, 2.75) is 26.3 Å². The molecule has 2 aromatic rings. The quantitative estimate of drug-likeness (QED) is 0.813. The molecular weight excluding hydrogens is 248 g/mol. The highest BCUT2D eigenvalue weighted by atomic mass is 16.4. The van der Waals surface area contributed by atoms with Crippen molar-refractivity contribution in [3.05, 3.63) is 18.5 Å². The predicted molar refractivity (Wildman–Crippen MR) is 64.9 cm³/mol. The van der Waals surface area contributed by atoms with Gasteiger partial charge in [-0.15, -0.1) is 5.10 Å². The lowest BCUT2D eigenvalue weighted by atomic mass is 10.0. The Hall–Kier alpha value is -2.38. The second kappa shape index (κ2) is 5.98. The molecule has 8 nitrogen and oxygen atoms in total. The molecule has 0 aromatic carbocycles. The summed E-state index contributed by atoms with van der Waals surface area (Å²) < 4.78 is 1.61. The fraction of sp³-hybridized carbons (Fsp3) is 0.455. The number of rotatable bonds is 6. The minimum absolute atomic E-state index is 0.00505. The van der Waals surface area contributed by atoms with Crippen LogP contribution in [0.4, 0.5) is 0 Å². The number of tetrazole rings is 1. The van der Waals surface area contributed by atoms with Gasteiger partial charge in [0.25, 0.3) is 0 Å². The Morgan fingerprint density at radius 3 is 2.95 bits per heavy atom. The van der Waals surface area contributed by atoms with Gasteiger partial charge in [-0.1, -0.05) is 13.3 Å². The SMILES string of the molecule is CCC(CC(=O)O)Cn1nnnc1-c1ccnnc1. The van der Waals surface area contributed by atoms with E-state index < -0.39 is 5.97 Å². The fourth-order valence-electron chi connectivity index (χ4n) is 1.79. The molecule has 1 unspecified atom stereocenters. The summed E-state index contributed by atoms with van der Waals surface area (Å²) in [6.07, 6.45) is 3.98. The summed E-state index contributed by atoms with van der Waals surface area (Å²) in [6.45, 7) is 2.42. The summed E-state index contributed by atoms with van der Waals surface area (Å²) in [6, 6.07) is 1.76. The van der Waals surface area contributed by atoms with Gasteiger partial charge in [-0.3, -0.25) is 4.79 Å². The Morgan fingerprint density at radius 1 is 1.47 bits per heavy atom. The van der Waals surface area contributed by atoms with Crippen LogP contribution < -0.4 is 0 Å². The van der Waals surface area contributed by atoms with E-state index in [0.29, 0.717) is 12.4 Å². The summed E-state index contributed by atoms with van der Waals surface area (Å²) in [5.74, 6) is -0.250. The van der Waals surface area contributed by atoms with Crippen molar-refractivity contribution < 1.29 is 9.90 Å². The molecule has 1 N–H and O–H groups in total. The third-order valence-electron chi connectivity index (χ3n) is 2.85. The van der Waals surface area contributed by atoms with Crippen LogP contribution in [0.1, 0.15) is 19.8 Å². The maximum Gasteiger partial charge on any atom is 0.303 e. The Labute approximate surface area is 109 Å². The number of hydrogen-bond donors (Lipinski definition) is 1. The van der Waals surface area contributed by atoms with Crippen molar-refractivity contribution >= 4 is 5.97 Å². The molecule has 0 spiro atoms. The lowest BCUT2D eigenvalue weighted by Gasteiger charge is -2.12. The van der Waals surface area contributed by atoms with Gasteiger partial charge in [0.2, 0.25) is 0 Å². The number of hydrogen-bond acceptors (Lipinski definition) is 6. The molecule has 0 saturated heterocycles. The van der Waals surface area contributed by atoms with Gasteiger partial charge in [-0.25, -0.2) is 4.68 Å². The third-order valence-corrected chi connectivity index (χ3v) is 2.85. The number of carbonyl (C=O) groups is 1. The molecule has 0 aliphatic rings. The molecule has 1 atom stereocenters. The lowest BCUT2D eigenvalue weighted by molar-refractivity contribution is -0.138. The molecule has 2 aromatic heterocycles. The molecule has 100 valence electrons. The van der Waals surface area contributed by atoms with Crippen LogP contribution in [0, 0.1) is 5.92 Å².